The van der Waals surface area contributed by atoms with Gasteiger partial charge >= 0.3 is 5.69 Å². The largest absolute Gasteiger partial charge is 0.364 e. The number of primary amides is 1. The van der Waals surface area contributed by atoms with Gasteiger partial charge in [0.05, 0.1) is 12.2 Å². The van der Waals surface area contributed by atoms with Crippen LogP contribution in [0.2, 0.25) is 0 Å². The number of carbonyl (C=O) groups is 1. The maximum Gasteiger partial charge on any atom is 0.335 e. The molecule has 0 atom stereocenters. The number of benzene rings is 3. The van der Waals surface area contributed by atoms with Gasteiger partial charge in [0.2, 0.25) is 0 Å². The molecule has 5 rings (SSSR count). The molecule has 36 heavy (non-hydrogen) atoms. The molecule has 0 bridgehead atoms. The Labute approximate surface area is 208 Å². The Morgan fingerprint density at radius 1 is 0.889 bits per heavy atom. The first kappa shape index (κ1) is 23.2. The Kier molecular flexibility index (Phi) is 5.98. The van der Waals surface area contributed by atoms with Crippen molar-refractivity contribution in [1.29, 1.82) is 0 Å². The van der Waals surface area contributed by atoms with E-state index in [9.17, 15) is 9.59 Å². The molecule has 0 saturated heterocycles. The number of amides is 1. The molecule has 1 amide bonds. The zero-order valence-corrected chi connectivity index (χ0v) is 20.5. The molecule has 0 saturated carbocycles. The highest BCUT2D eigenvalue weighted by molar-refractivity contribution is 6.02. The summed E-state index contributed by atoms with van der Waals surface area (Å²) in [5.41, 5.74) is 11.9. The van der Waals surface area contributed by atoms with Crippen LogP contribution >= 0.6 is 0 Å². The zero-order valence-electron chi connectivity index (χ0n) is 20.5. The van der Waals surface area contributed by atoms with Gasteiger partial charge in [0, 0.05) is 5.56 Å². The number of nitrogens with zero attached hydrogens (tertiary/aromatic N) is 4. The van der Waals surface area contributed by atoms with Gasteiger partial charge in [0.25, 0.3) is 5.91 Å². The fourth-order valence-corrected chi connectivity index (χ4v) is 4.35. The van der Waals surface area contributed by atoms with Gasteiger partial charge in [-0.25, -0.2) is 19.3 Å². The van der Waals surface area contributed by atoms with Crippen molar-refractivity contribution in [3.05, 3.63) is 111 Å². The number of fused-ring (bicyclic) bond motifs is 1. The number of imidazole rings is 1. The second kappa shape index (κ2) is 9.26. The van der Waals surface area contributed by atoms with Crippen LogP contribution in [0.1, 0.15) is 39.7 Å². The smallest absolute Gasteiger partial charge is 0.335 e. The van der Waals surface area contributed by atoms with E-state index in [0.717, 1.165) is 28.7 Å². The van der Waals surface area contributed by atoms with Crippen LogP contribution in [-0.2, 0) is 13.0 Å². The van der Waals surface area contributed by atoms with Gasteiger partial charge in [-0.3, -0.25) is 9.36 Å². The standard InChI is InChI=1S/C29H27N5O2/c1-4-20-11-13-22(14-12-20)27-31-24(26(30)35)25-28(32-27)34(23-15-10-18(2)19(3)16-23)29(36)33(25)17-21-8-6-5-7-9-21/h5-16H,4,17H2,1-3H3,(H2,30,35). The number of rotatable bonds is 6. The molecule has 0 spiro atoms. The minimum Gasteiger partial charge on any atom is -0.364 e. The summed E-state index contributed by atoms with van der Waals surface area (Å²) in [6.45, 7) is 6.35. The van der Waals surface area contributed by atoms with E-state index in [1.165, 1.54) is 10.1 Å². The third kappa shape index (κ3) is 4.09. The predicted molar refractivity (Wildman–Crippen MR) is 141 cm³/mol. The minimum absolute atomic E-state index is 0.0187. The lowest BCUT2D eigenvalue weighted by atomic mass is 10.1. The summed E-state index contributed by atoms with van der Waals surface area (Å²) in [6.07, 6.45) is 0.904. The third-order valence-electron chi connectivity index (χ3n) is 6.56. The van der Waals surface area contributed by atoms with Gasteiger partial charge in [0.1, 0.15) is 5.52 Å². The van der Waals surface area contributed by atoms with E-state index in [-0.39, 0.29) is 17.9 Å². The van der Waals surface area contributed by atoms with E-state index < -0.39 is 5.91 Å². The van der Waals surface area contributed by atoms with Crippen LogP contribution in [0, 0.1) is 13.8 Å². The van der Waals surface area contributed by atoms with Gasteiger partial charge in [-0.15, -0.1) is 0 Å². The van der Waals surface area contributed by atoms with Crippen molar-refractivity contribution in [3.8, 4) is 17.1 Å². The van der Waals surface area contributed by atoms with Crippen LogP contribution in [0.25, 0.3) is 28.2 Å². The third-order valence-corrected chi connectivity index (χ3v) is 6.56. The van der Waals surface area contributed by atoms with Crippen molar-refractivity contribution in [1.82, 2.24) is 19.1 Å². The van der Waals surface area contributed by atoms with Crippen molar-refractivity contribution < 1.29 is 4.79 Å². The van der Waals surface area contributed by atoms with Gasteiger partial charge in [-0.2, -0.15) is 0 Å². The highest BCUT2D eigenvalue weighted by Gasteiger charge is 2.24. The average molecular weight is 478 g/mol. The lowest BCUT2D eigenvalue weighted by molar-refractivity contribution is 0.0997. The molecule has 0 unspecified atom stereocenters. The van der Waals surface area contributed by atoms with Crippen molar-refractivity contribution >= 4 is 17.1 Å². The van der Waals surface area contributed by atoms with Crippen molar-refractivity contribution in [2.45, 2.75) is 33.7 Å². The highest BCUT2D eigenvalue weighted by atomic mass is 16.2. The van der Waals surface area contributed by atoms with Gasteiger partial charge in [0.15, 0.2) is 17.2 Å². The lowest BCUT2D eigenvalue weighted by Crippen LogP contribution is -2.24. The molecular formula is C29H27N5O2. The molecule has 180 valence electrons. The monoisotopic (exact) mass is 477 g/mol. The molecule has 2 heterocycles. The molecule has 7 heteroatoms. The van der Waals surface area contributed by atoms with E-state index >= 15 is 0 Å². The van der Waals surface area contributed by atoms with Gasteiger partial charge in [-0.05, 0) is 54.7 Å². The van der Waals surface area contributed by atoms with Crippen molar-refractivity contribution in [2.75, 3.05) is 0 Å². The van der Waals surface area contributed by atoms with Gasteiger partial charge in [-0.1, -0.05) is 67.6 Å². The molecule has 0 aliphatic heterocycles. The van der Waals surface area contributed by atoms with E-state index in [4.69, 9.17) is 10.7 Å². The number of aromatic nitrogens is 4. The second-order valence-electron chi connectivity index (χ2n) is 8.94. The second-order valence-corrected chi connectivity index (χ2v) is 8.94. The minimum atomic E-state index is -0.715. The molecule has 0 aliphatic carbocycles. The first-order valence-corrected chi connectivity index (χ1v) is 11.9. The van der Waals surface area contributed by atoms with Crippen LogP contribution in [0.3, 0.4) is 0 Å². The number of aryl methyl sites for hydroxylation is 3. The van der Waals surface area contributed by atoms with Crippen LogP contribution in [0.5, 0.6) is 0 Å². The Balaban J connectivity index is 1.84. The molecule has 3 aromatic carbocycles. The normalized spacial score (nSPS) is 11.2. The molecule has 2 aromatic heterocycles. The molecule has 5 aromatic rings. The van der Waals surface area contributed by atoms with Crippen LogP contribution < -0.4 is 11.4 Å². The Morgan fingerprint density at radius 2 is 1.61 bits per heavy atom. The topological polar surface area (TPSA) is 95.8 Å². The first-order chi connectivity index (χ1) is 17.4. The molecule has 2 N–H and O–H groups in total. The van der Waals surface area contributed by atoms with Crippen LogP contribution in [-0.4, -0.2) is 25.0 Å². The van der Waals surface area contributed by atoms with Crippen LogP contribution in [0.4, 0.5) is 0 Å². The zero-order chi connectivity index (χ0) is 25.4. The lowest BCUT2D eigenvalue weighted by Gasteiger charge is -2.09. The van der Waals surface area contributed by atoms with Crippen molar-refractivity contribution in [3.63, 3.8) is 0 Å². The molecule has 0 aliphatic rings. The summed E-state index contributed by atoms with van der Waals surface area (Å²) in [7, 11) is 0. The first-order valence-electron chi connectivity index (χ1n) is 11.9. The molecular weight excluding hydrogens is 450 g/mol. The highest BCUT2D eigenvalue weighted by Crippen LogP contribution is 2.25. The quantitative estimate of drug-likeness (QED) is 0.387. The van der Waals surface area contributed by atoms with E-state index in [1.54, 1.807) is 4.57 Å². The summed E-state index contributed by atoms with van der Waals surface area (Å²) in [5.74, 6) is -0.374. The van der Waals surface area contributed by atoms with E-state index in [2.05, 4.69) is 11.9 Å². The SMILES string of the molecule is CCc1ccc(-c2nc(C(N)=O)c3c(n2)n(-c2ccc(C)c(C)c2)c(=O)n3Cc2ccccc2)cc1. The summed E-state index contributed by atoms with van der Waals surface area (Å²) in [5, 5.41) is 0. The Hall–Kier alpha value is -4.52. The molecule has 0 radical (unpaired) electrons. The maximum absolute atomic E-state index is 13.9. The summed E-state index contributed by atoms with van der Waals surface area (Å²) >= 11 is 0. The number of carbonyl (C=O) groups excluding carboxylic acids is 1. The predicted octanol–water partition coefficient (Wildman–Crippen LogP) is 4.58. The fraction of sp³-hybridized carbons (Fsp3) is 0.172. The van der Waals surface area contributed by atoms with E-state index in [1.807, 2.05) is 86.6 Å². The summed E-state index contributed by atoms with van der Waals surface area (Å²) in [4.78, 5) is 35.9. The fourth-order valence-electron chi connectivity index (χ4n) is 4.35. The summed E-state index contributed by atoms with van der Waals surface area (Å²) < 4.78 is 3.08. The number of hydrogen-bond acceptors (Lipinski definition) is 4. The van der Waals surface area contributed by atoms with Crippen molar-refractivity contribution in [2.24, 2.45) is 5.73 Å². The summed E-state index contributed by atoms with van der Waals surface area (Å²) in [6, 6.07) is 23.3. The number of nitrogens with two attached hydrogens (primary N) is 1. The Bertz CT molecular complexity index is 1650. The molecule has 7 nitrogen and oxygen atoms in total. The Morgan fingerprint density at radius 3 is 2.25 bits per heavy atom. The molecule has 0 fully saturated rings. The van der Waals surface area contributed by atoms with Gasteiger partial charge < -0.3 is 5.73 Å². The van der Waals surface area contributed by atoms with E-state index in [0.29, 0.717) is 22.7 Å². The number of hydrogen-bond donors (Lipinski definition) is 1. The van der Waals surface area contributed by atoms with Crippen LogP contribution in [0.15, 0.2) is 77.6 Å². The maximum atomic E-state index is 13.9. The average Bonchev–Trinajstić information content (AvgIpc) is 3.16.